The van der Waals surface area contributed by atoms with Gasteiger partial charge in [-0.05, 0) is 25.0 Å². The fourth-order valence-electron chi connectivity index (χ4n) is 3.39. The van der Waals surface area contributed by atoms with Gasteiger partial charge in [0.25, 0.3) is 0 Å². The Hall–Kier alpha value is -1.62. The summed E-state index contributed by atoms with van der Waals surface area (Å²) in [6.45, 7) is 2.55. The number of hydrogen-bond acceptors (Lipinski definition) is 3. The highest BCUT2D eigenvalue weighted by Gasteiger charge is 2.40. The van der Waals surface area contributed by atoms with Crippen LogP contribution in [-0.4, -0.2) is 42.5 Å². The Morgan fingerprint density at radius 2 is 1.71 bits per heavy atom. The second-order valence-electron chi connectivity index (χ2n) is 6.09. The molecule has 1 saturated heterocycles. The first-order chi connectivity index (χ1) is 10.1. The van der Waals surface area contributed by atoms with Gasteiger partial charge in [0.1, 0.15) is 5.82 Å². The van der Waals surface area contributed by atoms with E-state index in [1.54, 1.807) is 12.1 Å². The van der Waals surface area contributed by atoms with Gasteiger partial charge in [-0.15, -0.1) is 0 Å². The molecule has 0 spiro atoms. The van der Waals surface area contributed by atoms with E-state index in [2.05, 4.69) is 0 Å². The maximum Gasteiger partial charge on any atom is 0.242 e. The summed E-state index contributed by atoms with van der Waals surface area (Å²) < 4.78 is 13.8. The molecule has 2 fully saturated rings. The summed E-state index contributed by atoms with van der Waals surface area (Å²) in [4.78, 5) is 16.4. The van der Waals surface area contributed by atoms with Crippen molar-refractivity contribution in [2.45, 2.75) is 31.2 Å². The van der Waals surface area contributed by atoms with Gasteiger partial charge in [0.05, 0.1) is 11.2 Å². The number of halogens is 1. The smallest absolute Gasteiger partial charge is 0.242 e. The predicted octanol–water partition coefficient (Wildman–Crippen LogP) is 1.75. The normalized spacial score (nSPS) is 21.6. The molecule has 1 aromatic carbocycles. The number of anilines is 1. The molecule has 1 amide bonds. The molecule has 0 bridgehead atoms. The lowest BCUT2D eigenvalue weighted by atomic mass is 9.97. The monoisotopic (exact) mass is 291 g/mol. The molecule has 3 rings (SSSR count). The van der Waals surface area contributed by atoms with Crippen molar-refractivity contribution in [3.8, 4) is 0 Å². The second-order valence-corrected chi connectivity index (χ2v) is 6.09. The Morgan fingerprint density at radius 1 is 1.10 bits per heavy atom. The van der Waals surface area contributed by atoms with E-state index in [0.717, 1.165) is 25.7 Å². The van der Waals surface area contributed by atoms with Crippen LogP contribution < -0.4 is 10.6 Å². The SMILES string of the molecule is NC1(C(=O)N2CCN(c3ccccc3F)CC2)CCCC1. The van der Waals surface area contributed by atoms with Gasteiger partial charge >= 0.3 is 0 Å². The van der Waals surface area contributed by atoms with E-state index in [-0.39, 0.29) is 11.7 Å². The molecule has 4 nitrogen and oxygen atoms in total. The molecule has 114 valence electrons. The average Bonchev–Trinajstić information content (AvgIpc) is 2.95. The first kappa shape index (κ1) is 14.3. The van der Waals surface area contributed by atoms with Gasteiger partial charge in [0.15, 0.2) is 0 Å². The summed E-state index contributed by atoms with van der Waals surface area (Å²) in [7, 11) is 0. The van der Waals surface area contributed by atoms with E-state index in [0.29, 0.717) is 31.9 Å². The summed E-state index contributed by atoms with van der Waals surface area (Å²) in [5.74, 6) is -0.128. The third kappa shape index (κ3) is 2.75. The average molecular weight is 291 g/mol. The van der Waals surface area contributed by atoms with Crippen molar-refractivity contribution >= 4 is 11.6 Å². The molecular weight excluding hydrogens is 269 g/mol. The van der Waals surface area contributed by atoms with E-state index in [1.807, 2.05) is 15.9 Å². The van der Waals surface area contributed by atoms with Crippen LogP contribution in [0.2, 0.25) is 0 Å². The van der Waals surface area contributed by atoms with Crippen molar-refractivity contribution < 1.29 is 9.18 Å². The van der Waals surface area contributed by atoms with Crippen molar-refractivity contribution in [2.75, 3.05) is 31.1 Å². The Balaban J connectivity index is 1.63. The van der Waals surface area contributed by atoms with Crippen molar-refractivity contribution in [1.82, 2.24) is 4.90 Å². The molecule has 21 heavy (non-hydrogen) atoms. The predicted molar refractivity (Wildman–Crippen MR) is 80.6 cm³/mol. The Labute approximate surface area is 124 Å². The zero-order valence-corrected chi connectivity index (χ0v) is 12.2. The Morgan fingerprint density at radius 3 is 2.33 bits per heavy atom. The van der Waals surface area contributed by atoms with Crippen molar-refractivity contribution in [3.63, 3.8) is 0 Å². The van der Waals surface area contributed by atoms with E-state index in [9.17, 15) is 9.18 Å². The summed E-state index contributed by atoms with van der Waals surface area (Å²) in [6.07, 6.45) is 3.66. The highest BCUT2D eigenvalue weighted by Crippen LogP contribution is 2.29. The first-order valence-electron chi connectivity index (χ1n) is 7.68. The highest BCUT2D eigenvalue weighted by atomic mass is 19.1. The number of nitrogens with two attached hydrogens (primary N) is 1. The molecule has 5 heteroatoms. The van der Waals surface area contributed by atoms with Crippen LogP contribution in [0.25, 0.3) is 0 Å². The maximum absolute atomic E-state index is 13.8. The summed E-state index contributed by atoms with van der Waals surface area (Å²) in [5, 5.41) is 0. The zero-order valence-electron chi connectivity index (χ0n) is 12.2. The minimum absolute atomic E-state index is 0.0770. The number of carbonyl (C=O) groups is 1. The van der Waals surface area contributed by atoms with E-state index < -0.39 is 5.54 Å². The largest absolute Gasteiger partial charge is 0.366 e. The molecule has 0 radical (unpaired) electrons. The minimum atomic E-state index is -0.653. The maximum atomic E-state index is 13.8. The molecule has 1 saturated carbocycles. The van der Waals surface area contributed by atoms with Crippen LogP contribution >= 0.6 is 0 Å². The second kappa shape index (κ2) is 5.64. The molecule has 2 N–H and O–H groups in total. The van der Waals surface area contributed by atoms with Gasteiger partial charge in [-0.3, -0.25) is 4.79 Å². The Bertz CT molecular complexity index is 520. The van der Waals surface area contributed by atoms with Crippen LogP contribution in [0.4, 0.5) is 10.1 Å². The molecule has 0 atom stereocenters. The Kier molecular flexibility index (Phi) is 3.85. The van der Waals surface area contributed by atoms with Gasteiger partial charge in [-0.25, -0.2) is 4.39 Å². The standard InChI is InChI=1S/C16H22FN3O/c17-13-5-1-2-6-14(13)19-9-11-20(12-10-19)15(21)16(18)7-3-4-8-16/h1-2,5-6H,3-4,7-12,18H2. The molecule has 1 heterocycles. The number of amides is 1. The van der Waals surface area contributed by atoms with E-state index in [1.165, 1.54) is 6.07 Å². The van der Waals surface area contributed by atoms with E-state index in [4.69, 9.17) is 5.73 Å². The molecule has 2 aliphatic rings. The summed E-state index contributed by atoms with van der Waals surface area (Å²) in [6, 6.07) is 6.79. The number of benzene rings is 1. The molecular formula is C16H22FN3O. The minimum Gasteiger partial charge on any atom is -0.366 e. The van der Waals surface area contributed by atoms with Gasteiger partial charge in [-0.1, -0.05) is 25.0 Å². The number of hydrogen-bond donors (Lipinski definition) is 1. The van der Waals surface area contributed by atoms with Gasteiger partial charge < -0.3 is 15.5 Å². The third-order valence-electron chi connectivity index (χ3n) is 4.68. The van der Waals surface area contributed by atoms with Crippen molar-refractivity contribution in [2.24, 2.45) is 5.73 Å². The number of carbonyl (C=O) groups excluding carboxylic acids is 1. The van der Waals surface area contributed by atoms with Crippen LogP contribution in [0.15, 0.2) is 24.3 Å². The highest BCUT2D eigenvalue weighted by molar-refractivity contribution is 5.86. The molecule has 1 aliphatic heterocycles. The van der Waals surface area contributed by atoms with Crippen LogP contribution in [0.3, 0.4) is 0 Å². The molecule has 1 aromatic rings. The lowest BCUT2D eigenvalue weighted by molar-refractivity contribution is -0.137. The van der Waals surface area contributed by atoms with Gasteiger partial charge in [0.2, 0.25) is 5.91 Å². The van der Waals surface area contributed by atoms with Crippen LogP contribution in [-0.2, 0) is 4.79 Å². The van der Waals surface area contributed by atoms with Crippen molar-refractivity contribution in [3.05, 3.63) is 30.1 Å². The van der Waals surface area contributed by atoms with Crippen LogP contribution in [0, 0.1) is 5.82 Å². The van der Waals surface area contributed by atoms with Crippen LogP contribution in [0.1, 0.15) is 25.7 Å². The zero-order chi connectivity index (χ0) is 14.9. The lowest BCUT2D eigenvalue weighted by Crippen LogP contribution is -2.58. The van der Waals surface area contributed by atoms with Crippen molar-refractivity contribution in [1.29, 1.82) is 0 Å². The quantitative estimate of drug-likeness (QED) is 0.903. The van der Waals surface area contributed by atoms with Crippen LogP contribution in [0.5, 0.6) is 0 Å². The number of piperazine rings is 1. The molecule has 0 unspecified atom stereocenters. The van der Waals surface area contributed by atoms with E-state index >= 15 is 0 Å². The fraction of sp³-hybridized carbons (Fsp3) is 0.562. The van der Waals surface area contributed by atoms with Gasteiger partial charge in [0, 0.05) is 26.2 Å². The molecule has 0 aromatic heterocycles. The summed E-state index contributed by atoms with van der Waals surface area (Å²) in [5.41, 5.74) is 6.20. The number of nitrogens with zero attached hydrogens (tertiary/aromatic N) is 2. The summed E-state index contributed by atoms with van der Waals surface area (Å²) >= 11 is 0. The third-order valence-corrected chi connectivity index (χ3v) is 4.68. The molecule has 1 aliphatic carbocycles. The van der Waals surface area contributed by atoms with Gasteiger partial charge in [-0.2, -0.15) is 0 Å². The number of para-hydroxylation sites is 1. The lowest BCUT2D eigenvalue weighted by Gasteiger charge is -2.39. The fourth-order valence-corrected chi connectivity index (χ4v) is 3.39. The first-order valence-corrected chi connectivity index (χ1v) is 7.68. The number of rotatable bonds is 2. The topological polar surface area (TPSA) is 49.6 Å².